The van der Waals surface area contributed by atoms with Crippen LogP contribution in [0, 0.1) is 0 Å². The van der Waals surface area contributed by atoms with E-state index in [-0.39, 0.29) is 12.1 Å². The van der Waals surface area contributed by atoms with E-state index in [0.717, 1.165) is 5.69 Å². The molecule has 0 aliphatic carbocycles. The molecule has 3 heterocycles. The second kappa shape index (κ2) is 5.45. The Morgan fingerprint density at radius 3 is 2.74 bits per heavy atom. The summed E-state index contributed by atoms with van der Waals surface area (Å²) in [6.45, 7) is 0.268. The van der Waals surface area contributed by atoms with Gasteiger partial charge in [0.05, 0.1) is 35.7 Å². The number of pyridine rings is 1. The zero-order valence-electron chi connectivity index (χ0n) is 12.1. The van der Waals surface area contributed by atoms with E-state index in [1.807, 2.05) is 30.3 Å². The minimum Gasteiger partial charge on any atom is -0.291 e. The molecule has 0 amide bonds. The van der Waals surface area contributed by atoms with Crippen molar-refractivity contribution in [1.29, 1.82) is 0 Å². The summed E-state index contributed by atoms with van der Waals surface area (Å²) in [6.07, 6.45) is 6.28. The number of hydrogen-bond donors (Lipinski definition) is 0. The molecule has 0 radical (unpaired) electrons. The number of fused-ring (bicyclic) bond motifs is 1. The van der Waals surface area contributed by atoms with Crippen LogP contribution in [0.3, 0.4) is 0 Å². The lowest BCUT2D eigenvalue weighted by atomic mass is 10.3. The first-order chi connectivity index (χ1) is 11.3. The molecular formula is C16H12N6O. The molecule has 3 aromatic heterocycles. The molecule has 0 saturated carbocycles. The molecule has 4 rings (SSSR count). The average molecular weight is 304 g/mol. The topological polar surface area (TPSA) is 78.5 Å². The van der Waals surface area contributed by atoms with Crippen molar-refractivity contribution in [2.45, 2.75) is 6.54 Å². The Kier molecular flexibility index (Phi) is 3.16. The van der Waals surface area contributed by atoms with Gasteiger partial charge in [-0.1, -0.05) is 18.2 Å². The van der Waals surface area contributed by atoms with Gasteiger partial charge in [0.1, 0.15) is 6.33 Å². The van der Waals surface area contributed by atoms with Crippen LogP contribution in [0.1, 0.15) is 5.82 Å². The number of benzene rings is 1. The summed E-state index contributed by atoms with van der Waals surface area (Å²) in [5, 5.41) is 4.94. The number of rotatable bonds is 3. The third-order valence-corrected chi connectivity index (χ3v) is 3.50. The quantitative estimate of drug-likeness (QED) is 0.572. The van der Waals surface area contributed by atoms with Gasteiger partial charge in [-0.25, -0.2) is 14.6 Å². The molecule has 0 saturated heterocycles. The van der Waals surface area contributed by atoms with Crippen LogP contribution in [0.25, 0.3) is 16.6 Å². The maximum Gasteiger partial charge on any atom is 0.261 e. The van der Waals surface area contributed by atoms with Crippen LogP contribution >= 0.6 is 0 Å². The van der Waals surface area contributed by atoms with Gasteiger partial charge in [-0.05, 0) is 18.2 Å². The van der Waals surface area contributed by atoms with Crippen LogP contribution in [-0.4, -0.2) is 29.3 Å². The summed E-state index contributed by atoms with van der Waals surface area (Å²) in [7, 11) is 0. The molecule has 4 aromatic rings. The van der Waals surface area contributed by atoms with Gasteiger partial charge >= 0.3 is 0 Å². The van der Waals surface area contributed by atoms with Crippen LogP contribution < -0.4 is 5.56 Å². The summed E-state index contributed by atoms with van der Waals surface area (Å²) in [6, 6.07) is 11.4. The normalized spacial score (nSPS) is 11.0. The van der Waals surface area contributed by atoms with Crippen molar-refractivity contribution >= 4 is 10.9 Å². The Bertz CT molecular complexity index is 1020. The van der Waals surface area contributed by atoms with Crippen molar-refractivity contribution in [2.24, 2.45) is 0 Å². The molecule has 0 unspecified atom stereocenters. The van der Waals surface area contributed by atoms with Gasteiger partial charge in [-0.15, -0.1) is 5.10 Å². The van der Waals surface area contributed by atoms with Gasteiger partial charge in [-0.2, -0.15) is 0 Å². The molecule has 0 spiro atoms. The predicted molar refractivity (Wildman–Crippen MR) is 84.3 cm³/mol. The fraction of sp³-hybridized carbons (Fsp3) is 0.0625. The molecule has 0 atom stereocenters. The third-order valence-electron chi connectivity index (χ3n) is 3.50. The van der Waals surface area contributed by atoms with Crippen LogP contribution in [0.4, 0.5) is 0 Å². The highest BCUT2D eigenvalue weighted by atomic mass is 16.1. The Morgan fingerprint density at radius 2 is 1.87 bits per heavy atom. The van der Waals surface area contributed by atoms with Crippen LogP contribution in [0.15, 0.2) is 66.2 Å². The van der Waals surface area contributed by atoms with E-state index >= 15 is 0 Å². The molecule has 1 aromatic carbocycles. The van der Waals surface area contributed by atoms with E-state index in [2.05, 4.69) is 20.1 Å². The summed E-state index contributed by atoms with van der Waals surface area (Å²) in [5.41, 5.74) is 1.37. The van der Waals surface area contributed by atoms with Crippen molar-refractivity contribution in [2.75, 3.05) is 0 Å². The second-order valence-corrected chi connectivity index (χ2v) is 5.01. The zero-order chi connectivity index (χ0) is 15.6. The lowest BCUT2D eigenvalue weighted by molar-refractivity contribution is 0.699. The van der Waals surface area contributed by atoms with E-state index in [1.54, 1.807) is 29.5 Å². The van der Waals surface area contributed by atoms with E-state index in [4.69, 9.17) is 0 Å². The Morgan fingerprint density at radius 1 is 1.00 bits per heavy atom. The third kappa shape index (κ3) is 2.48. The molecule has 0 aliphatic heterocycles. The molecule has 112 valence electrons. The van der Waals surface area contributed by atoms with E-state index in [9.17, 15) is 4.79 Å². The van der Waals surface area contributed by atoms with Crippen LogP contribution in [0.2, 0.25) is 0 Å². The monoisotopic (exact) mass is 304 g/mol. The van der Waals surface area contributed by atoms with Crippen molar-refractivity contribution < 1.29 is 0 Å². The van der Waals surface area contributed by atoms with Gasteiger partial charge in [0.2, 0.25) is 0 Å². The first kappa shape index (κ1) is 13.3. The molecule has 0 fully saturated rings. The smallest absolute Gasteiger partial charge is 0.261 e. The summed E-state index contributed by atoms with van der Waals surface area (Å²) in [4.78, 5) is 24.9. The fourth-order valence-electron chi connectivity index (χ4n) is 2.35. The number of nitrogens with zero attached hydrogens (tertiary/aromatic N) is 6. The summed E-state index contributed by atoms with van der Waals surface area (Å²) >= 11 is 0. The zero-order valence-corrected chi connectivity index (χ0v) is 12.1. The number of hydrogen-bond acceptors (Lipinski definition) is 5. The Labute approximate surface area is 130 Å². The van der Waals surface area contributed by atoms with Gasteiger partial charge in [0, 0.05) is 6.20 Å². The van der Waals surface area contributed by atoms with Crippen molar-refractivity contribution in [3.05, 3.63) is 77.6 Å². The van der Waals surface area contributed by atoms with E-state index < -0.39 is 0 Å². The Balaban J connectivity index is 1.68. The van der Waals surface area contributed by atoms with Gasteiger partial charge in [0.15, 0.2) is 5.82 Å². The highest BCUT2D eigenvalue weighted by Crippen LogP contribution is 2.06. The lowest BCUT2D eigenvalue weighted by Gasteiger charge is -2.03. The summed E-state index contributed by atoms with van der Waals surface area (Å²) in [5.74, 6) is 0.547. The van der Waals surface area contributed by atoms with E-state index in [0.29, 0.717) is 16.7 Å². The first-order valence-corrected chi connectivity index (χ1v) is 7.06. The molecule has 0 N–H and O–H groups in total. The van der Waals surface area contributed by atoms with Gasteiger partial charge in [0.25, 0.3) is 5.56 Å². The van der Waals surface area contributed by atoms with Crippen molar-refractivity contribution in [1.82, 2.24) is 29.3 Å². The predicted octanol–water partition coefficient (Wildman–Crippen LogP) is 1.42. The van der Waals surface area contributed by atoms with E-state index in [1.165, 1.54) is 10.9 Å². The molecule has 0 aliphatic rings. The average Bonchev–Trinajstić information content (AvgIpc) is 3.07. The molecule has 7 heteroatoms. The standard InChI is InChI=1S/C16H12N6O/c23-16-13-6-7-17-8-14(13)18-10-21(16)9-15-19-11-22(20-15)12-4-2-1-3-5-12/h1-8,10-11H,9H2. The Hall–Kier alpha value is -3.35. The minimum atomic E-state index is -0.131. The highest BCUT2D eigenvalue weighted by molar-refractivity contribution is 5.75. The number of para-hydroxylation sites is 1. The molecular weight excluding hydrogens is 292 g/mol. The summed E-state index contributed by atoms with van der Waals surface area (Å²) < 4.78 is 3.17. The van der Waals surface area contributed by atoms with Crippen molar-refractivity contribution in [3.8, 4) is 5.69 Å². The molecule has 7 nitrogen and oxygen atoms in total. The highest BCUT2D eigenvalue weighted by Gasteiger charge is 2.08. The first-order valence-electron chi connectivity index (χ1n) is 7.06. The minimum absolute atomic E-state index is 0.131. The lowest BCUT2D eigenvalue weighted by Crippen LogP contribution is -2.21. The van der Waals surface area contributed by atoms with Crippen LogP contribution in [0.5, 0.6) is 0 Å². The largest absolute Gasteiger partial charge is 0.291 e. The van der Waals surface area contributed by atoms with Gasteiger partial charge in [-0.3, -0.25) is 14.3 Å². The fourth-order valence-corrected chi connectivity index (χ4v) is 2.35. The maximum atomic E-state index is 12.4. The van der Waals surface area contributed by atoms with Crippen molar-refractivity contribution in [3.63, 3.8) is 0 Å². The maximum absolute atomic E-state index is 12.4. The second-order valence-electron chi connectivity index (χ2n) is 5.01. The molecule has 0 bridgehead atoms. The molecule has 23 heavy (non-hydrogen) atoms. The SMILES string of the molecule is O=c1c2ccncc2ncn1Cc1ncn(-c2ccccc2)n1. The van der Waals surface area contributed by atoms with Gasteiger partial charge < -0.3 is 0 Å². The number of aromatic nitrogens is 6. The van der Waals surface area contributed by atoms with Crippen LogP contribution in [-0.2, 0) is 6.54 Å².